The maximum Gasteiger partial charge on any atom is 0.229 e. The molecule has 0 bridgehead atoms. The number of aryl methyl sites for hydroxylation is 3. The van der Waals surface area contributed by atoms with Gasteiger partial charge >= 0.3 is 0 Å². The molecule has 1 fully saturated rings. The van der Waals surface area contributed by atoms with Crippen LogP contribution in [0.4, 0.5) is 11.4 Å². The van der Waals surface area contributed by atoms with Gasteiger partial charge in [-0.3, -0.25) is 14.7 Å². The molecular weight excluding hydrogens is 328 g/mol. The number of carbonyl (C=O) groups is 2. The lowest BCUT2D eigenvalue weighted by molar-refractivity contribution is -0.122. The SMILES string of the molecule is Cc1ccc(Cl)cc1N1C[C@@H](C(=O)Nc2c(C)n[nH]c2C)CC1=O. The van der Waals surface area contributed by atoms with E-state index in [1.54, 1.807) is 17.0 Å². The van der Waals surface area contributed by atoms with E-state index in [4.69, 9.17) is 11.6 Å². The second-order valence-corrected chi connectivity index (χ2v) is 6.57. The van der Waals surface area contributed by atoms with E-state index in [1.165, 1.54) is 0 Å². The minimum absolute atomic E-state index is 0.0684. The van der Waals surface area contributed by atoms with Crippen molar-refractivity contribution in [1.82, 2.24) is 10.2 Å². The van der Waals surface area contributed by atoms with Gasteiger partial charge in [-0.05, 0) is 38.5 Å². The minimum Gasteiger partial charge on any atom is -0.323 e. The van der Waals surface area contributed by atoms with Gasteiger partial charge in [0.05, 0.1) is 23.0 Å². The molecule has 1 aromatic carbocycles. The normalized spacial score (nSPS) is 17.4. The Balaban J connectivity index is 1.77. The van der Waals surface area contributed by atoms with Crippen molar-refractivity contribution < 1.29 is 9.59 Å². The first kappa shape index (κ1) is 16.5. The first-order chi connectivity index (χ1) is 11.4. The number of rotatable bonds is 3. The van der Waals surface area contributed by atoms with E-state index in [1.807, 2.05) is 26.8 Å². The molecule has 0 saturated carbocycles. The van der Waals surface area contributed by atoms with Crippen LogP contribution >= 0.6 is 11.6 Å². The Bertz CT molecular complexity index is 795. The highest BCUT2D eigenvalue weighted by atomic mass is 35.5. The maximum absolute atomic E-state index is 12.5. The molecule has 1 aliphatic rings. The van der Waals surface area contributed by atoms with Crippen LogP contribution in [0.1, 0.15) is 23.4 Å². The standard InChI is InChI=1S/C17H19ClN4O2/c1-9-4-5-13(18)7-14(9)22-8-12(6-15(22)23)17(24)19-16-10(2)20-21-11(16)3/h4-5,7,12H,6,8H2,1-3H3,(H,19,24)(H,20,21)/t12-/m0/s1. The van der Waals surface area contributed by atoms with Crippen LogP contribution in [0.25, 0.3) is 0 Å². The molecule has 2 heterocycles. The number of H-pyrrole nitrogens is 1. The van der Waals surface area contributed by atoms with Crippen LogP contribution in [-0.2, 0) is 9.59 Å². The van der Waals surface area contributed by atoms with E-state index in [0.717, 1.165) is 22.6 Å². The number of aromatic nitrogens is 2. The van der Waals surface area contributed by atoms with Crippen molar-refractivity contribution in [2.75, 3.05) is 16.8 Å². The summed E-state index contributed by atoms with van der Waals surface area (Å²) < 4.78 is 0. The summed E-state index contributed by atoms with van der Waals surface area (Å²) in [4.78, 5) is 26.5. The number of amides is 2. The third-order valence-electron chi connectivity index (χ3n) is 4.33. The molecule has 6 nitrogen and oxygen atoms in total. The zero-order valence-corrected chi connectivity index (χ0v) is 14.6. The summed E-state index contributed by atoms with van der Waals surface area (Å²) in [6, 6.07) is 5.42. The monoisotopic (exact) mass is 346 g/mol. The lowest BCUT2D eigenvalue weighted by atomic mass is 10.1. The van der Waals surface area contributed by atoms with Gasteiger partial charge in [0.1, 0.15) is 0 Å². The van der Waals surface area contributed by atoms with E-state index in [0.29, 0.717) is 17.3 Å². The molecule has 1 saturated heterocycles. The zero-order chi connectivity index (χ0) is 17.4. The molecule has 0 radical (unpaired) electrons. The number of carbonyl (C=O) groups excluding carboxylic acids is 2. The maximum atomic E-state index is 12.5. The van der Waals surface area contributed by atoms with Crippen LogP contribution in [0.2, 0.25) is 5.02 Å². The van der Waals surface area contributed by atoms with Crippen LogP contribution in [0, 0.1) is 26.7 Å². The van der Waals surface area contributed by atoms with E-state index < -0.39 is 5.92 Å². The van der Waals surface area contributed by atoms with Crippen LogP contribution in [0.3, 0.4) is 0 Å². The first-order valence-electron chi connectivity index (χ1n) is 7.75. The molecule has 126 valence electrons. The van der Waals surface area contributed by atoms with Crippen molar-refractivity contribution >= 4 is 34.8 Å². The van der Waals surface area contributed by atoms with Gasteiger partial charge in [-0.15, -0.1) is 0 Å². The highest BCUT2D eigenvalue weighted by molar-refractivity contribution is 6.31. The highest BCUT2D eigenvalue weighted by Gasteiger charge is 2.36. The van der Waals surface area contributed by atoms with Crippen molar-refractivity contribution in [3.8, 4) is 0 Å². The van der Waals surface area contributed by atoms with Gasteiger partial charge in [0.2, 0.25) is 11.8 Å². The van der Waals surface area contributed by atoms with Gasteiger partial charge in [-0.25, -0.2) is 0 Å². The Morgan fingerprint density at radius 1 is 1.38 bits per heavy atom. The predicted molar refractivity (Wildman–Crippen MR) is 93.3 cm³/mol. The molecule has 0 aliphatic carbocycles. The van der Waals surface area contributed by atoms with Gasteiger partial charge in [0.25, 0.3) is 0 Å². The fourth-order valence-corrected chi connectivity index (χ4v) is 3.12. The number of nitrogens with one attached hydrogen (secondary N) is 2. The Kier molecular flexibility index (Phi) is 4.32. The van der Waals surface area contributed by atoms with Crippen LogP contribution in [-0.4, -0.2) is 28.6 Å². The van der Waals surface area contributed by atoms with Gasteiger partial charge in [0.15, 0.2) is 0 Å². The molecule has 2 N–H and O–H groups in total. The number of anilines is 2. The lowest BCUT2D eigenvalue weighted by Gasteiger charge is -2.19. The van der Waals surface area contributed by atoms with Crippen LogP contribution in [0.5, 0.6) is 0 Å². The third kappa shape index (κ3) is 3.01. The summed E-state index contributed by atoms with van der Waals surface area (Å²) in [6.45, 7) is 5.93. The molecule has 2 aromatic rings. The van der Waals surface area contributed by atoms with E-state index >= 15 is 0 Å². The Labute approximate surface area is 145 Å². The molecule has 1 aromatic heterocycles. The highest BCUT2D eigenvalue weighted by Crippen LogP contribution is 2.31. The van der Waals surface area contributed by atoms with Gasteiger partial charge in [-0.1, -0.05) is 17.7 Å². The van der Waals surface area contributed by atoms with E-state index in [9.17, 15) is 9.59 Å². The minimum atomic E-state index is -0.399. The molecule has 0 unspecified atom stereocenters. The third-order valence-corrected chi connectivity index (χ3v) is 4.57. The summed E-state index contributed by atoms with van der Waals surface area (Å²) >= 11 is 6.04. The van der Waals surface area contributed by atoms with Crippen molar-refractivity contribution in [2.24, 2.45) is 5.92 Å². The number of hydrogen-bond donors (Lipinski definition) is 2. The average molecular weight is 347 g/mol. The van der Waals surface area contributed by atoms with Gasteiger partial charge in [0, 0.05) is 23.7 Å². The second-order valence-electron chi connectivity index (χ2n) is 6.13. The number of benzene rings is 1. The number of hydrogen-bond acceptors (Lipinski definition) is 3. The Morgan fingerprint density at radius 2 is 2.12 bits per heavy atom. The summed E-state index contributed by atoms with van der Waals surface area (Å²) in [6.07, 6.45) is 0.188. The van der Waals surface area contributed by atoms with Gasteiger partial charge < -0.3 is 10.2 Å². The molecule has 2 amide bonds. The number of aromatic amines is 1. The molecular formula is C17H19ClN4O2. The van der Waals surface area contributed by atoms with Crippen molar-refractivity contribution in [1.29, 1.82) is 0 Å². The van der Waals surface area contributed by atoms with Gasteiger partial charge in [-0.2, -0.15) is 5.10 Å². The van der Waals surface area contributed by atoms with E-state index in [-0.39, 0.29) is 18.2 Å². The molecule has 1 aliphatic heterocycles. The topological polar surface area (TPSA) is 78.1 Å². The fraction of sp³-hybridized carbons (Fsp3) is 0.353. The van der Waals surface area contributed by atoms with Crippen molar-refractivity contribution in [3.05, 3.63) is 40.2 Å². The Morgan fingerprint density at radius 3 is 2.79 bits per heavy atom. The molecule has 24 heavy (non-hydrogen) atoms. The van der Waals surface area contributed by atoms with Crippen molar-refractivity contribution in [2.45, 2.75) is 27.2 Å². The second kappa shape index (κ2) is 6.28. The summed E-state index contributed by atoms with van der Waals surface area (Å²) in [5.41, 5.74) is 3.93. The molecule has 3 rings (SSSR count). The molecule has 1 atom stereocenters. The Hall–Kier alpha value is -2.34. The van der Waals surface area contributed by atoms with Crippen molar-refractivity contribution in [3.63, 3.8) is 0 Å². The van der Waals surface area contributed by atoms with Crippen LogP contribution in [0.15, 0.2) is 18.2 Å². The summed E-state index contributed by atoms with van der Waals surface area (Å²) in [7, 11) is 0. The summed E-state index contributed by atoms with van der Waals surface area (Å²) in [5, 5.41) is 10.3. The van der Waals surface area contributed by atoms with Crippen LogP contribution < -0.4 is 10.2 Å². The van der Waals surface area contributed by atoms with E-state index in [2.05, 4.69) is 15.5 Å². The molecule has 7 heteroatoms. The molecule has 0 spiro atoms. The fourth-order valence-electron chi connectivity index (χ4n) is 2.95. The largest absolute Gasteiger partial charge is 0.323 e. The number of nitrogens with zero attached hydrogens (tertiary/aromatic N) is 2. The lowest BCUT2D eigenvalue weighted by Crippen LogP contribution is -2.28. The summed E-state index contributed by atoms with van der Waals surface area (Å²) in [5.74, 6) is -0.635. The smallest absolute Gasteiger partial charge is 0.229 e. The zero-order valence-electron chi connectivity index (χ0n) is 13.8. The number of halogens is 1. The average Bonchev–Trinajstić information content (AvgIpc) is 3.07. The quantitative estimate of drug-likeness (QED) is 0.896. The predicted octanol–water partition coefficient (Wildman–Crippen LogP) is 2.98. The first-order valence-corrected chi connectivity index (χ1v) is 8.13.